The van der Waals surface area contributed by atoms with Crippen molar-refractivity contribution in [1.82, 2.24) is 15.3 Å². The molecule has 0 bridgehead atoms. The first-order valence-electron chi connectivity index (χ1n) is 8.90. The number of carbonyl (C=O) groups excluding carboxylic acids is 1. The number of rotatable bonds is 3. The average Bonchev–Trinajstić information content (AvgIpc) is 3.22. The minimum Gasteiger partial charge on any atom is -0.289 e. The lowest BCUT2D eigenvalue weighted by atomic mass is 9.75. The molecule has 0 saturated carbocycles. The Bertz CT molecular complexity index is 1090. The second-order valence-corrected chi connectivity index (χ2v) is 7.25. The quantitative estimate of drug-likeness (QED) is 0.539. The van der Waals surface area contributed by atoms with E-state index in [0.29, 0.717) is 22.4 Å². The Morgan fingerprint density at radius 1 is 1.21 bits per heavy atom. The van der Waals surface area contributed by atoms with Crippen LogP contribution < -0.4 is 5.48 Å². The van der Waals surface area contributed by atoms with E-state index < -0.39 is 17.1 Å². The van der Waals surface area contributed by atoms with Crippen molar-refractivity contribution < 1.29 is 18.8 Å². The molecule has 1 amide bonds. The van der Waals surface area contributed by atoms with Crippen molar-refractivity contribution in [2.24, 2.45) is 0 Å². The van der Waals surface area contributed by atoms with Gasteiger partial charge in [-0.15, -0.1) is 0 Å². The zero-order valence-corrected chi connectivity index (χ0v) is 15.5. The maximum absolute atomic E-state index is 14.2. The van der Waals surface area contributed by atoms with E-state index in [9.17, 15) is 18.8 Å². The normalized spacial score (nSPS) is 18.2. The monoisotopic (exact) mass is 383 g/mol. The Morgan fingerprint density at radius 3 is 2.71 bits per heavy atom. The predicted molar refractivity (Wildman–Crippen MR) is 98.4 cm³/mol. The van der Waals surface area contributed by atoms with E-state index in [-0.39, 0.29) is 18.7 Å². The molecule has 0 radical (unpaired) electrons. The summed E-state index contributed by atoms with van der Waals surface area (Å²) in [6.45, 7) is 3.41. The van der Waals surface area contributed by atoms with Crippen molar-refractivity contribution in [3.8, 4) is 5.69 Å². The van der Waals surface area contributed by atoms with Gasteiger partial charge >= 0.3 is 0 Å². The first-order valence-corrected chi connectivity index (χ1v) is 8.90. The fourth-order valence-electron chi connectivity index (χ4n) is 4.19. The van der Waals surface area contributed by atoms with Crippen molar-refractivity contribution in [1.29, 1.82) is 0 Å². The molecular formula is C21H19F2N3O2. The zero-order chi connectivity index (χ0) is 20.1. The van der Waals surface area contributed by atoms with Crippen molar-refractivity contribution in [3.63, 3.8) is 0 Å². The number of amides is 1. The molecule has 144 valence electrons. The van der Waals surface area contributed by atoms with Gasteiger partial charge in [-0.05, 0) is 66.8 Å². The van der Waals surface area contributed by atoms with Crippen LogP contribution in [0.15, 0.2) is 42.6 Å². The molecule has 4 rings (SSSR count). The molecule has 0 aliphatic heterocycles. The van der Waals surface area contributed by atoms with E-state index in [1.807, 2.05) is 0 Å². The standard InChI is InChI=1S/C21H19F2N3O2/c1-12-8-15(22)6-7-18(12)26-19-10-21(20(27)25-28,9-14(19)11-24-26)16-4-3-5-17(23)13(16)2/h3-8,11,28H,9-10H2,1-2H3,(H,25,27). The van der Waals surface area contributed by atoms with Gasteiger partial charge in [0.15, 0.2) is 0 Å². The maximum atomic E-state index is 14.2. The van der Waals surface area contributed by atoms with Gasteiger partial charge in [-0.2, -0.15) is 5.10 Å². The Labute approximate surface area is 160 Å². The second-order valence-electron chi connectivity index (χ2n) is 7.25. The Morgan fingerprint density at radius 2 is 2.00 bits per heavy atom. The molecule has 2 aromatic carbocycles. The van der Waals surface area contributed by atoms with Gasteiger partial charge < -0.3 is 0 Å². The largest absolute Gasteiger partial charge is 0.289 e. The van der Waals surface area contributed by atoms with E-state index in [1.54, 1.807) is 48.4 Å². The van der Waals surface area contributed by atoms with Crippen LogP contribution in [0.1, 0.15) is 27.9 Å². The molecule has 0 fully saturated rings. The van der Waals surface area contributed by atoms with E-state index in [1.165, 1.54) is 18.2 Å². The number of aryl methyl sites for hydroxylation is 1. The molecule has 0 spiro atoms. The number of halogens is 2. The van der Waals surface area contributed by atoms with Crippen molar-refractivity contribution in [3.05, 3.63) is 82.2 Å². The molecule has 7 heteroatoms. The fourth-order valence-corrected chi connectivity index (χ4v) is 4.19. The highest BCUT2D eigenvalue weighted by Gasteiger charge is 2.48. The minimum atomic E-state index is -1.15. The zero-order valence-electron chi connectivity index (χ0n) is 15.5. The van der Waals surface area contributed by atoms with Gasteiger partial charge in [0, 0.05) is 12.1 Å². The number of benzene rings is 2. The summed E-state index contributed by atoms with van der Waals surface area (Å²) in [5, 5.41) is 13.8. The summed E-state index contributed by atoms with van der Waals surface area (Å²) in [4.78, 5) is 12.8. The van der Waals surface area contributed by atoms with Crippen LogP contribution in [-0.4, -0.2) is 20.9 Å². The Balaban J connectivity index is 1.85. The molecule has 1 heterocycles. The number of hydrogen-bond acceptors (Lipinski definition) is 3. The smallest absolute Gasteiger partial charge is 0.254 e. The third-order valence-electron chi connectivity index (χ3n) is 5.62. The summed E-state index contributed by atoms with van der Waals surface area (Å²) in [6.07, 6.45) is 2.17. The number of nitrogens with one attached hydrogen (secondary N) is 1. The van der Waals surface area contributed by atoms with Crippen LogP contribution in [0.2, 0.25) is 0 Å². The number of hydroxylamine groups is 1. The molecule has 1 aliphatic rings. The van der Waals surface area contributed by atoms with E-state index in [4.69, 9.17) is 0 Å². The van der Waals surface area contributed by atoms with E-state index >= 15 is 0 Å². The molecule has 5 nitrogen and oxygen atoms in total. The Hall–Kier alpha value is -3.06. The van der Waals surface area contributed by atoms with E-state index in [2.05, 4.69) is 5.10 Å². The third-order valence-corrected chi connectivity index (χ3v) is 5.62. The number of carbonyl (C=O) groups is 1. The van der Waals surface area contributed by atoms with Gasteiger partial charge in [-0.3, -0.25) is 10.0 Å². The predicted octanol–water partition coefficient (Wildman–Crippen LogP) is 3.31. The van der Waals surface area contributed by atoms with Crippen LogP contribution in [0.3, 0.4) is 0 Å². The van der Waals surface area contributed by atoms with Gasteiger partial charge in [0.2, 0.25) is 0 Å². The molecule has 1 aliphatic carbocycles. The van der Waals surface area contributed by atoms with Crippen molar-refractivity contribution >= 4 is 5.91 Å². The van der Waals surface area contributed by atoms with Crippen LogP contribution in [0.4, 0.5) is 8.78 Å². The highest BCUT2D eigenvalue weighted by molar-refractivity contribution is 5.89. The third kappa shape index (κ3) is 2.62. The summed E-state index contributed by atoms with van der Waals surface area (Å²) in [5.74, 6) is -1.34. The average molecular weight is 383 g/mol. The lowest BCUT2D eigenvalue weighted by Crippen LogP contribution is -2.45. The number of aromatic nitrogens is 2. The summed E-state index contributed by atoms with van der Waals surface area (Å²) < 4.78 is 29.4. The van der Waals surface area contributed by atoms with Crippen LogP contribution in [-0.2, 0) is 23.1 Å². The maximum Gasteiger partial charge on any atom is 0.254 e. The highest BCUT2D eigenvalue weighted by atomic mass is 19.1. The summed E-state index contributed by atoms with van der Waals surface area (Å²) >= 11 is 0. The SMILES string of the molecule is Cc1cc(F)ccc1-n1ncc2c1CC(C(=O)NO)(c1cccc(F)c1C)C2. The van der Waals surface area contributed by atoms with Gasteiger partial charge in [-0.25, -0.2) is 18.9 Å². The van der Waals surface area contributed by atoms with Crippen molar-refractivity contribution in [2.75, 3.05) is 0 Å². The number of fused-ring (bicyclic) bond motifs is 1. The van der Waals surface area contributed by atoms with Crippen molar-refractivity contribution in [2.45, 2.75) is 32.1 Å². The topological polar surface area (TPSA) is 67.2 Å². The molecule has 28 heavy (non-hydrogen) atoms. The first kappa shape index (κ1) is 18.3. The van der Waals surface area contributed by atoms with Gasteiger partial charge in [0.25, 0.3) is 5.91 Å². The summed E-state index contributed by atoms with van der Waals surface area (Å²) in [7, 11) is 0. The molecule has 3 aromatic rings. The van der Waals surface area contributed by atoms with Crippen LogP contribution in [0.25, 0.3) is 5.69 Å². The van der Waals surface area contributed by atoms with Gasteiger partial charge in [0.1, 0.15) is 11.6 Å². The van der Waals surface area contributed by atoms with Crippen LogP contribution in [0, 0.1) is 25.5 Å². The second kappa shape index (κ2) is 6.53. The minimum absolute atomic E-state index is 0.232. The van der Waals surface area contributed by atoms with E-state index in [0.717, 1.165) is 11.3 Å². The summed E-state index contributed by atoms with van der Waals surface area (Å²) in [5.41, 5.74) is 4.52. The molecular weight excluding hydrogens is 364 g/mol. The van der Waals surface area contributed by atoms with Crippen LogP contribution >= 0.6 is 0 Å². The lowest BCUT2D eigenvalue weighted by Gasteiger charge is -2.29. The molecule has 1 aromatic heterocycles. The first-order chi connectivity index (χ1) is 13.4. The number of hydrogen-bond donors (Lipinski definition) is 2. The molecule has 0 saturated heterocycles. The molecule has 1 unspecified atom stereocenters. The highest BCUT2D eigenvalue weighted by Crippen LogP contribution is 2.42. The Kier molecular flexibility index (Phi) is 4.27. The number of nitrogens with zero attached hydrogens (tertiary/aromatic N) is 2. The molecule has 2 N–H and O–H groups in total. The lowest BCUT2D eigenvalue weighted by molar-refractivity contribution is -0.135. The van der Waals surface area contributed by atoms with Gasteiger partial charge in [0.05, 0.1) is 17.3 Å². The van der Waals surface area contributed by atoms with Crippen LogP contribution in [0.5, 0.6) is 0 Å². The molecule has 1 atom stereocenters. The fraction of sp³-hybridized carbons (Fsp3) is 0.238. The van der Waals surface area contributed by atoms with Gasteiger partial charge in [-0.1, -0.05) is 12.1 Å². The summed E-state index contributed by atoms with van der Waals surface area (Å²) in [6, 6.07) is 9.02.